The number of thioether (sulfide) groups is 1. The fourth-order valence-electron chi connectivity index (χ4n) is 3.56. The van der Waals surface area contributed by atoms with E-state index in [2.05, 4.69) is 4.99 Å². The Balaban J connectivity index is 1.57. The van der Waals surface area contributed by atoms with Crippen molar-refractivity contribution in [1.29, 1.82) is 0 Å². The van der Waals surface area contributed by atoms with Crippen molar-refractivity contribution in [2.75, 3.05) is 16.4 Å². The van der Waals surface area contributed by atoms with Gasteiger partial charge in [-0.1, -0.05) is 62.9 Å². The molecule has 2 aromatic rings. The molecule has 0 aliphatic carbocycles. The van der Waals surface area contributed by atoms with E-state index in [4.69, 9.17) is 4.74 Å². The van der Waals surface area contributed by atoms with Gasteiger partial charge >= 0.3 is 0 Å². The van der Waals surface area contributed by atoms with Crippen molar-refractivity contribution >= 4 is 38.4 Å². The largest absolute Gasteiger partial charge is 0.489 e. The second-order valence-electron chi connectivity index (χ2n) is 8.89. The first-order valence-electron chi connectivity index (χ1n) is 10.2. The zero-order chi connectivity index (χ0) is 22.2. The van der Waals surface area contributed by atoms with E-state index in [0.717, 1.165) is 17.0 Å². The Morgan fingerprint density at radius 1 is 1.10 bits per heavy atom. The van der Waals surface area contributed by atoms with Gasteiger partial charge in [-0.25, -0.2) is 8.42 Å². The van der Waals surface area contributed by atoms with Crippen LogP contribution in [-0.4, -0.2) is 42.3 Å². The van der Waals surface area contributed by atoms with E-state index in [1.807, 2.05) is 80.3 Å². The fourth-order valence-corrected chi connectivity index (χ4v) is 7.48. The summed E-state index contributed by atoms with van der Waals surface area (Å²) >= 11 is 1.39. The Morgan fingerprint density at radius 3 is 2.42 bits per heavy atom. The molecule has 2 fully saturated rings. The highest BCUT2D eigenvalue weighted by Crippen LogP contribution is 2.41. The van der Waals surface area contributed by atoms with Gasteiger partial charge in [0.05, 0.1) is 17.5 Å². The maximum atomic E-state index is 12.6. The summed E-state index contributed by atoms with van der Waals surface area (Å²) in [6.45, 7) is 5.95. The standard InChI is InChI=1S/C23H26N2O4S2/c1-23(2,3)21(26)24-22-25(19-14-31(27,28)15-20(19)30-22)17-9-11-18(12-10-17)29-13-16-7-5-4-6-8-16/h4-12,19-20H,13-15H2,1-3H3/t19-,20+/m0/s1. The predicted molar refractivity (Wildman–Crippen MR) is 125 cm³/mol. The van der Waals surface area contributed by atoms with Crippen LogP contribution in [0.25, 0.3) is 0 Å². The summed E-state index contributed by atoms with van der Waals surface area (Å²) in [5.41, 5.74) is 1.29. The fraction of sp³-hybridized carbons (Fsp3) is 0.391. The average molecular weight is 459 g/mol. The Bertz CT molecular complexity index is 1090. The van der Waals surface area contributed by atoms with Crippen LogP contribution in [0.4, 0.5) is 5.69 Å². The molecule has 0 bridgehead atoms. The number of rotatable bonds is 4. The van der Waals surface area contributed by atoms with Gasteiger partial charge in [-0.2, -0.15) is 4.99 Å². The first-order valence-corrected chi connectivity index (χ1v) is 12.9. The highest BCUT2D eigenvalue weighted by molar-refractivity contribution is 8.16. The summed E-state index contributed by atoms with van der Waals surface area (Å²) in [5, 5.41) is 0.452. The summed E-state index contributed by atoms with van der Waals surface area (Å²) in [6.07, 6.45) is 0. The lowest BCUT2D eigenvalue weighted by Crippen LogP contribution is -2.38. The SMILES string of the molecule is CC(C)(C)C(=O)N=C1S[C@@H]2CS(=O)(=O)C[C@@H]2N1c1ccc(OCc2ccccc2)cc1. The Morgan fingerprint density at radius 2 is 1.77 bits per heavy atom. The van der Waals surface area contributed by atoms with E-state index in [0.29, 0.717) is 11.8 Å². The molecule has 4 rings (SSSR count). The topological polar surface area (TPSA) is 76.0 Å². The van der Waals surface area contributed by atoms with Crippen LogP contribution in [0.1, 0.15) is 26.3 Å². The van der Waals surface area contributed by atoms with Crippen molar-refractivity contribution in [2.45, 2.75) is 38.7 Å². The zero-order valence-electron chi connectivity index (χ0n) is 17.8. The Kier molecular flexibility index (Phi) is 5.87. The molecule has 0 aromatic heterocycles. The molecule has 6 nitrogen and oxygen atoms in total. The van der Waals surface area contributed by atoms with E-state index in [9.17, 15) is 13.2 Å². The van der Waals surface area contributed by atoms with Crippen LogP contribution < -0.4 is 9.64 Å². The van der Waals surface area contributed by atoms with Gasteiger partial charge in [0.1, 0.15) is 12.4 Å². The number of nitrogens with zero attached hydrogens (tertiary/aromatic N) is 2. The summed E-state index contributed by atoms with van der Waals surface area (Å²) in [7, 11) is -3.10. The van der Waals surface area contributed by atoms with Gasteiger partial charge in [-0.15, -0.1) is 0 Å². The number of hydrogen-bond donors (Lipinski definition) is 0. The monoisotopic (exact) mass is 458 g/mol. The third-order valence-electron chi connectivity index (χ3n) is 5.27. The number of carbonyl (C=O) groups excluding carboxylic acids is 1. The van der Waals surface area contributed by atoms with Crippen molar-refractivity contribution in [2.24, 2.45) is 10.4 Å². The van der Waals surface area contributed by atoms with Crippen LogP contribution in [-0.2, 0) is 21.2 Å². The number of hydrogen-bond acceptors (Lipinski definition) is 5. The Labute approximate surface area is 187 Å². The minimum Gasteiger partial charge on any atom is -0.489 e. The number of ether oxygens (including phenoxy) is 1. The van der Waals surface area contributed by atoms with Crippen molar-refractivity contribution in [3.63, 3.8) is 0 Å². The van der Waals surface area contributed by atoms with Crippen LogP contribution in [0.3, 0.4) is 0 Å². The lowest BCUT2D eigenvalue weighted by atomic mass is 9.96. The molecule has 2 aliphatic heterocycles. The van der Waals surface area contributed by atoms with E-state index in [-0.39, 0.29) is 28.7 Å². The van der Waals surface area contributed by atoms with E-state index >= 15 is 0 Å². The predicted octanol–water partition coefficient (Wildman–Crippen LogP) is 3.91. The number of carbonyl (C=O) groups is 1. The van der Waals surface area contributed by atoms with Crippen LogP contribution in [0, 0.1) is 5.41 Å². The lowest BCUT2D eigenvalue weighted by Gasteiger charge is -2.25. The molecular formula is C23H26N2O4S2. The van der Waals surface area contributed by atoms with Crippen molar-refractivity contribution in [3.8, 4) is 5.75 Å². The summed E-state index contributed by atoms with van der Waals surface area (Å²) < 4.78 is 30.3. The first kappa shape index (κ1) is 21.9. The number of benzene rings is 2. The molecule has 8 heteroatoms. The smallest absolute Gasteiger partial charge is 0.253 e. The lowest BCUT2D eigenvalue weighted by molar-refractivity contribution is -0.124. The summed E-state index contributed by atoms with van der Waals surface area (Å²) in [4.78, 5) is 18.8. The maximum Gasteiger partial charge on any atom is 0.253 e. The number of fused-ring (bicyclic) bond motifs is 1. The molecule has 164 valence electrons. The van der Waals surface area contributed by atoms with E-state index < -0.39 is 15.3 Å². The number of amidine groups is 1. The maximum absolute atomic E-state index is 12.6. The van der Waals surface area contributed by atoms with Crippen molar-refractivity contribution in [1.82, 2.24) is 0 Å². The molecular weight excluding hydrogens is 432 g/mol. The number of sulfone groups is 1. The number of aliphatic imine (C=N–C) groups is 1. The molecule has 2 aromatic carbocycles. The molecule has 2 aliphatic rings. The van der Waals surface area contributed by atoms with Gasteiger partial charge in [0.15, 0.2) is 15.0 Å². The molecule has 2 saturated heterocycles. The normalized spacial score (nSPS) is 23.7. The van der Waals surface area contributed by atoms with Gasteiger partial charge in [-0.3, -0.25) is 4.79 Å². The highest BCUT2D eigenvalue weighted by atomic mass is 32.2. The summed E-state index contributed by atoms with van der Waals surface area (Å²) in [5.74, 6) is 0.685. The molecule has 0 unspecified atom stereocenters. The average Bonchev–Trinajstić information content (AvgIpc) is 3.17. The molecule has 2 heterocycles. The third-order valence-corrected chi connectivity index (χ3v) is 8.48. The van der Waals surface area contributed by atoms with Crippen molar-refractivity contribution < 1.29 is 17.9 Å². The van der Waals surface area contributed by atoms with Crippen LogP contribution in [0.15, 0.2) is 59.6 Å². The van der Waals surface area contributed by atoms with Crippen LogP contribution >= 0.6 is 11.8 Å². The molecule has 0 saturated carbocycles. The molecule has 1 amide bonds. The van der Waals surface area contributed by atoms with Crippen LogP contribution in [0.2, 0.25) is 0 Å². The molecule has 0 radical (unpaired) electrons. The zero-order valence-corrected chi connectivity index (χ0v) is 19.4. The highest BCUT2D eigenvalue weighted by Gasteiger charge is 2.49. The minimum atomic E-state index is -3.10. The Hall–Kier alpha value is -2.32. The third kappa shape index (κ3) is 4.96. The van der Waals surface area contributed by atoms with E-state index in [1.54, 1.807) is 0 Å². The quantitative estimate of drug-likeness (QED) is 0.691. The van der Waals surface area contributed by atoms with Crippen molar-refractivity contribution in [3.05, 3.63) is 60.2 Å². The van der Waals surface area contributed by atoms with Gasteiger partial charge in [0, 0.05) is 16.4 Å². The molecule has 31 heavy (non-hydrogen) atoms. The molecule has 0 spiro atoms. The van der Waals surface area contributed by atoms with E-state index in [1.165, 1.54) is 11.8 Å². The van der Waals surface area contributed by atoms with Gasteiger partial charge in [-0.05, 0) is 29.8 Å². The van der Waals surface area contributed by atoms with Crippen LogP contribution in [0.5, 0.6) is 5.75 Å². The number of amides is 1. The minimum absolute atomic E-state index is 0.0691. The molecule has 0 N–H and O–H groups in total. The van der Waals surface area contributed by atoms with Gasteiger partial charge in [0.25, 0.3) is 5.91 Å². The molecule has 2 atom stereocenters. The van der Waals surface area contributed by atoms with Gasteiger partial charge in [0.2, 0.25) is 0 Å². The second-order valence-corrected chi connectivity index (χ2v) is 12.2. The summed E-state index contributed by atoms with van der Waals surface area (Å²) in [6, 6.07) is 17.2. The first-order chi connectivity index (χ1) is 14.6. The second kappa shape index (κ2) is 8.31. The number of anilines is 1. The van der Waals surface area contributed by atoms with Gasteiger partial charge < -0.3 is 9.64 Å².